The zero-order valence-corrected chi connectivity index (χ0v) is 17.9. The van der Waals surface area contributed by atoms with Crippen LogP contribution in [0.2, 0.25) is 0 Å². The molecule has 3 heterocycles. The Morgan fingerprint density at radius 1 is 1.17 bits per heavy atom. The van der Waals surface area contributed by atoms with Crippen molar-refractivity contribution in [3.63, 3.8) is 0 Å². The third kappa shape index (κ3) is 5.59. The molecule has 0 bridgehead atoms. The van der Waals surface area contributed by atoms with Gasteiger partial charge in [-0.25, -0.2) is 9.98 Å². The molecule has 1 atom stereocenters. The number of ether oxygens (including phenoxy) is 1. The fraction of sp³-hybridized carbons (Fsp3) is 0.667. The number of aromatic nitrogens is 1. The summed E-state index contributed by atoms with van der Waals surface area (Å²) in [6, 6.07) is 5.68. The third-order valence-corrected chi connectivity index (χ3v) is 5.65. The predicted octanol–water partition coefficient (Wildman–Crippen LogP) is 1.18. The Labute approximate surface area is 173 Å². The van der Waals surface area contributed by atoms with E-state index in [0.717, 1.165) is 70.3 Å². The van der Waals surface area contributed by atoms with E-state index in [1.807, 2.05) is 30.0 Å². The maximum Gasteiger partial charge on any atom is 0.239 e. The molecule has 8 nitrogen and oxygen atoms in total. The first-order chi connectivity index (χ1) is 14.1. The summed E-state index contributed by atoms with van der Waals surface area (Å²) in [7, 11) is 1.62. The van der Waals surface area contributed by atoms with Crippen LogP contribution in [0, 0.1) is 0 Å². The molecule has 2 aliphatic heterocycles. The molecular weight excluding hydrogens is 368 g/mol. The van der Waals surface area contributed by atoms with Crippen LogP contribution >= 0.6 is 0 Å². The van der Waals surface area contributed by atoms with Gasteiger partial charge in [0, 0.05) is 51.9 Å². The number of carbonyl (C=O) groups is 1. The highest BCUT2D eigenvalue weighted by Gasteiger charge is 2.30. The van der Waals surface area contributed by atoms with E-state index in [4.69, 9.17) is 9.73 Å². The smallest absolute Gasteiger partial charge is 0.239 e. The number of hydrogen-bond donors (Lipinski definition) is 1. The number of amides is 1. The molecular formula is C21H34N6O2. The lowest BCUT2D eigenvalue weighted by Gasteiger charge is -2.39. The minimum absolute atomic E-state index is 0.0456. The van der Waals surface area contributed by atoms with Crippen molar-refractivity contribution >= 4 is 11.9 Å². The summed E-state index contributed by atoms with van der Waals surface area (Å²) in [5.74, 6) is 1.78. The van der Waals surface area contributed by atoms with Crippen LogP contribution in [0.25, 0.3) is 0 Å². The average Bonchev–Trinajstić information content (AvgIpc) is 3.31. The van der Waals surface area contributed by atoms with Gasteiger partial charge in [0.2, 0.25) is 11.8 Å². The molecule has 0 aliphatic carbocycles. The minimum atomic E-state index is -0.0456. The molecule has 0 radical (unpaired) electrons. The molecule has 1 unspecified atom stereocenters. The van der Waals surface area contributed by atoms with Crippen LogP contribution in [0.1, 0.15) is 32.4 Å². The van der Waals surface area contributed by atoms with Crippen LogP contribution in [0.15, 0.2) is 23.2 Å². The number of hydrogen-bond acceptors (Lipinski definition) is 5. The number of rotatable bonds is 6. The summed E-state index contributed by atoms with van der Waals surface area (Å²) in [5.41, 5.74) is 0.878. The maximum atomic E-state index is 12.7. The molecule has 3 rings (SSSR count). The van der Waals surface area contributed by atoms with Gasteiger partial charge in [-0.3, -0.25) is 9.69 Å². The minimum Gasteiger partial charge on any atom is -0.481 e. The van der Waals surface area contributed by atoms with Crippen LogP contribution < -0.4 is 10.1 Å². The van der Waals surface area contributed by atoms with Crippen LogP contribution in [-0.4, -0.2) is 90.5 Å². The second-order valence-electron chi connectivity index (χ2n) is 7.57. The molecule has 29 heavy (non-hydrogen) atoms. The molecule has 1 aromatic rings. The van der Waals surface area contributed by atoms with Gasteiger partial charge in [0.05, 0.1) is 25.4 Å². The van der Waals surface area contributed by atoms with Gasteiger partial charge in [0.1, 0.15) is 0 Å². The van der Waals surface area contributed by atoms with E-state index in [1.165, 1.54) is 0 Å². The number of likely N-dealkylation sites (tertiary alicyclic amines) is 1. The molecule has 1 N–H and O–H groups in total. The van der Waals surface area contributed by atoms with Gasteiger partial charge in [-0.05, 0) is 32.8 Å². The van der Waals surface area contributed by atoms with E-state index in [-0.39, 0.29) is 11.9 Å². The van der Waals surface area contributed by atoms with E-state index in [1.54, 1.807) is 7.11 Å². The highest BCUT2D eigenvalue weighted by atomic mass is 16.5. The number of carbonyl (C=O) groups excluding carboxylic acids is 1. The number of guanidine groups is 1. The summed E-state index contributed by atoms with van der Waals surface area (Å²) in [6.07, 6.45) is 2.27. The molecule has 160 valence electrons. The van der Waals surface area contributed by atoms with Crippen LogP contribution in [0.3, 0.4) is 0 Å². The van der Waals surface area contributed by atoms with E-state index >= 15 is 0 Å². The first-order valence-electron chi connectivity index (χ1n) is 10.7. The van der Waals surface area contributed by atoms with E-state index in [9.17, 15) is 4.79 Å². The van der Waals surface area contributed by atoms with Crippen molar-refractivity contribution in [2.45, 2.75) is 39.3 Å². The van der Waals surface area contributed by atoms with Crippen molar-refractivity contribution in [1.82, 2.24) is 25.0 Å². The highest BCUT2D eigenvalue weighted by Crippen LogP contribution is 2.14. The van der Waals surface area contributed by atoms with Crippen molar-refractivity contribution in [3.8, 4) is 5.88 Å². The predicted molar refractivity (Wildman–Crippen MR) is 114 cm³/mol. The molecule has 0 saturated carbocycles. The number of aliphatic imine (C=N–C) groups is 1. The van der Waals surface area contributed by atoms with E-state index < -0.39 is 0 Å². The summed E-state index contributed by atoms with van der Waals surface area (Å²) in [6.45, 7) is 10.7. The monoisotopic (exact) mass is 402 g/mol. The van der Waals surface area contributed by atoms with Crippen molar-refractivity contribution in [1.29, 1.82) is 0 Å². The van der Waals surface area contributed by atoms with Crippen molar-refractivity contribution in [3.05, 3.63) is 23.9 Å². The van der Waals surface area contributed by atoms with Crippen molar-refractivity contribution in [2.75, 3.05) is 52.9 Å². The molecule has 0 spiro atoms. The summed E-state index contributed by atoms with van der Waals surface area (Å²) < 4.78 is 5.19. The SMILES string of the molecule is CCNC(=NCc1cccc(OC)n1)N1CCN(C(C)C(=O)N2CCCC2)CC1. The van der Waals surface area contributed by atoms with Gasteiger partial charge in [0.15, 0.2) is 5.96 Å². The Bertz CT molecular complexity index is 696. The molecule has 1 amide bonds. The number of methoxy groups -OCH3 is 1. The van der Waals surface area contributed by atoms with Gasteiger partial charge in [0.25, 0.3) is 0 Å². The highest BCUT2D eigenvalue weighted by molar-refractivity contribution is 5.82. The lowest BCUT2D eigenvalue weighted by molar-refractivity contribution is -0.135. The Morgan fingerprint density at radius 2 is 1.90 bits per heavy atom. The normalized spacial score (nSPS) is 19.3. The fourth-order valence-corrected chi connectivity index (χ4v) is 3.92. The zero-order valence-electron chi connectivity index (χ0n) is 17.9. The molecule has 2 fully saturated rings. The Kier molecular flexibility index (Phi) is 7.69. The Morgan fingerprint density at radius 3 is 2.55 bits per heavy atom. The lowest BCUT2D eigenvalue weighted by Crippen LogP contribution is -2.57. The van der Waals surface area contributed by atoms with Gasteiger partial charge in [-0.1, -0.05) is 6.07 Å². The average molecular weight is 403 g/mol. The van der Waals surface area contributed by atoms with Gasteiger partial charge in [-0.15, -0.1) is 0 Å². The van der Waals surface area contributed by atoms with Gasteiger partial charge < -0.3 is 19.9 Å². The van der Waals surface area contributed by atoms with Crippen molar-refractivity contribution in [2.24, 2.45) is 4.99 Å². The molecule has 1 aromatic heterocycles. The number of pyridine rings is 1. The number of nitrogens with zero attached hydrogens (tertiary/aromatic N) is 5. The first-order valence-corrected chi connectivity index (χ1v) is 10.7. The van der Waals surface area contributed by atoms with Crippen LogP contribution in [0.4, 0.5) is 0 Å². The quantitative estimate of drug-likeness (QED) is 0.569. The van der Waals surface area contributed by atoms with E-state index in [0.29, 0.717) is 12.4 Å². The Hall–Kier alpha value is -2.35. The number of piperazine rings is 1. The second-order valence-corrected chi connectivity index (χ2v) is 7.57. The van der Waals surface area contributed by atoms with Gasteiger partial charge >= 0.3 is 0 Å². The second kappa shape index (κ2) is 10.4. The summed E-state index contributed by atoms with van der Waals surface area (Å²) in [5, 5.41) is 3.39. The zero-order chi connectivity index (χ0) is 20.6. The largest absolute Gasteiger partial charge is 0.481 e. The fourth-order valence-electron chi connectivity index (χ4n) is 3.92. The Balaban J connectivity index is 1.56. The molecule has 8 heteroatoms. The number of nitrogens with one attached hydrogen (secondary N) is 1. The van der Waals surface area contributed by atoms with E-state index in [2.05, 4.69) is 27.0 Å². The molecule has 0 aromatic carbocycles. The lowest BCUT2D eigenvalue weighted by atomic mass is 10.2. The first kappa shape index (κ1) is 21.4. The van der Waals surface area contributed by atoms with Crippen molar-refractivity contribution < 1.29 is 9.53 Å². The van der Waals surface area contributed by atoms with Crippen LogP contribution in [0.5, 0.6) is 5.88 Å². The molecule has 2 aliphatic rings. The van der Waals surface area contributed by atoms with Gasteiger partial charge in [-0.2, -0.15) is 0 Å². The topological polar surface area (TPSA) is 73.3 Å². The standard InChI is InChI=1S/C21H34N6O2/c1-4-22-21(23-16-18-8-7-9-19(24-18)29-3)27-14-12-25(13-15-27)17(2)20(28)26-10-5-6-11-26/h7-9,17H,4-6,10-16H2,1-3H3,(H,22,23). The third-order valence-electron chi connectivity index (χ3n) is 5.65. The molecule has 2 saturated heterocycles. The summed E-state index contributed by atoms with van der Waals surface area (Å²) >= 11 is 0. The maximum absolute atomic E-state index is 12.7. The summed E-state index contributed by atoms with van der Waals surface area (Å²) in [4.78, 5) is 28.5. The van der Waals surface area contributed by atoms with Crippen LogP contribution in [-0.2, 0) is 11.3 Å².